The average Bonchev–Trinajstić information content (AvgIpc) is 3.49. The Kier molecular flexibility index (Phi) is 6.81. The van der Waals surface area contributed by atoms with Crippen molar-refractivity contribution in [3.8, 4) is 5.75 Å². The SMILES string of the molecule is Cn1c(=O)c2c(nc(NCc3ccco3)n2CCCC(=O)NN=Cc2ccccc2O)n(C)c1=O. The van der Waals surface area contributed by atoms with Crippen LogP contribution in [0.1, 0.15) is 24.2 Å². The third-order valence-electron chi connectivity index (χ3n) is 5.46. The first-order valence-corrected chi connectivity index (χ1v) is 10.9. The molecular formula is C23H25N7O5. The Labute approximate surface area is 199 Å². The predicted octanol–water partition coefficient (Wildman–Crippen LogP) is 1.27. The Bertz CT molecular complexity index is 1500. The zero-order valence-corrected chi connectivity index (χ0v) is 19.3. The fraction of sp³-hybridized carbons (Fsp3) is 0.261. The third kappa shape index (κ3) is 5.00. The molecule has 0 spiro atoms. The number of fused-ring (bicyclic) bond motifs is 1. The lowest BCUT2D eigenvalue weighted by molar-refractivity contribution is -0.121. The Morgan fingerprint density at radius 1 is 1.17 bits per heavy atom. The summed E-state index contributed by atoms with van der Waals surface area (Å²) >= 11 is 0. The fourth-order valence-electron chi connectivity index (χ4n) is 3.60. The minimum Gasteiger partial charge on any atom is -0.507 e. The van der Waals surface area contributed by atoms with Crippen molar-refractivity contribution in [3.05, 3.63) is 74.8 Å². The number of amides is 1. The van der Waals surface area contributed by atoms with Crippen LogP contribution in [0.15, 0.2) is 61.8 Å². The molecule has 0 bridgehead atoms. The standard InChI is InChI=1S/C23H25N7O5/c1-28-20-19(21(33)29(2)23(28)34)30(22(26-20)24-14-16-8-6-12-35-16)11-5-10-18(32)27-25-13-15-7-3-4-9-17(15)31/h3-4,6-9,12-13,31H,5,10-11,14H2,1-2H3,(H,24,26)(H,27,32). The van der Waals surface area contributed by atoms with Gasteiger partial charge in [-0.1, -0.05) is 12.1 Å². The molecule has 182 valence electrons. The Morgan fingerprint density at radius 2 is 1.97 bits per heavy atom. The summed E-state index contributed by atoms with van der Waals surface area (Å²) in [4.78, 5) is 42.0. The van der Waals surface area contributed by atoms with E-state index < -0.39 is 11.2 Å². The summed E-state index contributed by atoms with van der Waals surface area (Å²) in [5.74, 6) is 0.786. The number of carbonyl (C=O) groups is 1. The van der Waals surface area contributed by atoms with Gasteiger partial charge >= 0.3 is 5.69 Å². The van der Waals surface area contributed by atoms with Crippen LogP contribution in [0, 0.1) is 0 Å². The number of benzene rings is 1. The molecule has 0 saturated carbocycles. The van der Waals surface area contributed by atoms with Gasteiger partial charge in [-0.3, -0.25) is 18.7 Å². The second-order valence-corrected chi connectivity index (χ2v) is 7.85. The highest BCUT2D eigenvalue weighted by Gasteiger charge is 2.19. The number of phenolic OH excluding ortho intramolecular Hbond substituents is 1. The molecule has 0 atom stereocenters. The number of carbonyl (C=O) groups excluding carboxylic acids is 1. The van der Waals surface area contributed by atoms with Gasteiger partial charge in [-0.25, -0.2) is 10.2 Å². The molecule has 3 heterocycles. The van der Waals surface area contributed by atoms with Crippen LogP contribution in [0.3, 0.4) is 0 Å². The summed E-state index contributed by atoms with van der Waals surface area (Å²) in [6.07, 6.45) is 3.42. The fourth-order valence-corrected chi connectivity index (χ4v) is 3.60. The summed E-state index contributed by atoms with van der Waals surface area (Å²) < 4.78 is 9.34. The van der Waals surface area contributed by atoms with Gasteiger partial charge in [0, 0.05) is 32.6 Å². The van der Waals surface area contributed by atoms with E-state index in [4.69, 9.17) is 4.42 Å². The maximum Gasteiger partial charge on any atom is 0.332 e. The molecule has 35 heavy (non-hydrogen) atoms. The topological polar surface area (TPSA) is 149 Å². The molecule has 3 aromatic heterocycles. The molecule has 12 heteroatoms. The van der Waals surface area contributed by atoms with Gasteiger partial charge in [-0.2, -0.15) is 10.1 Å². The van der Waals surface area contributed by atoms with E-state index in [0.717, 1.165) is 4.57 Å². The van der Waals surface area contributed by atoms with E-state index >= 15 is 0 Å². The van der Waals surface area contributed by atoms with Crippen LogP contribution in [0.4, 0.5) is 5.95 Å². The van der Waals surface area contributed by atoms with Gasteiger partial charge in [0.05, 0.1) is 19.0 Å². The summed E-state index contributed by atoms with van der Waals surface area (Å²) in [5, 5.41) is 16.8. The number of nitrogens with one attached hydrogen (secondary N) is 2. The normalized spacial score (nSPS) is 11.4. The van der Waals surface area contributed by atoms with Gasteiger partial charge in [0.25, 0.3) is 5.56 Å². The number of phenols is 1. The molecule has 0 aliphatic rings. The number of aromatic hydroxyl groups is 1. The molecular weight excluding hydrogens is 454 g/mol. The number of anilines is 1. The lowest BCUT2D eigenvalue weighted by Gasteiger charge is -2.10. The first-order chi connectivity index (χ1) is 16.9. The molecule has 4 rings (SSSR count). The van der Waals surface area contributed by atoms with Gasteiger partial charge in [-0.15, -0.1) is 0 Å². The van der Waals surface area contributed by atoms with Crippen molar-refractivity contribution in [3.63, 3.8) is 0 Å². The van der Waals surface area contributed by atoms with Gasteiger partial charge < -0.3 is 19.4 Å². The van der Waals surface area contributed by atoms with Crippen molar-refractivity contribution < 1.29 is 14.3 Å². The van der Waals surface area contributed by atoms with Crippen molar-refractivity contribution in [2.45, 2.75) is 25.9 Å². The highest BCUT2D eigenvalue weighted by atomic mass is 16.3. The van der Waals surface area contributed by atoms with Crippen LogP contribution in [0.2, 0.25) is 0 Å². The van der Waals surface area contributed by atoms with E-state index in [1.54, 1.807) is 48.2 Å². The quantitative estimate of drug-likeness (QED) is 0.242. The Balaban J connectivity index is 1.50. The number of aromatic nitrogens is 4. The number of nitrogens with zero attached hydrogens (tertiary/aromatic N) is 5. The number of hydrazone groups is 1. The molecule has 0 saturated heterocycles. The molecule has 0 aliphatic carbocycles. The number of hydrogen-bond donors (Lipinski definition) is 3. The molecule has 0 unspecified atom stereocenters. The lowest BCUT2D eigenvalue weighted by atomic mass is 10.2. The summed E-state index contributed by atoms with van der Waals surface area (Å²) in [6, 6.07) is 10.2. The van der Waals surface area contributed by atoms with Crippen LogP contribution in [-0.4, -0.2) is 35.9 Å². The zero-order valence-electron chi connectivity index (χ0n) is 19.3. The minimum absolute atomic E-state index is 0.0584. The summed E-state index contributed by atoms with van der Waals surface area (Å²) in [7, 11) is 2.96. The molecule has 0 radical (unpaired) electrons. The Hall–Kier alpha value is -4.61. The van der Waals surface area contributed by atoms with Crippen molar-refractivity contribution >= 4 is 29.2 Å². The number of furan rings is 1. The summed E-state index contributed by atoms with van der Waals surface area (Å²) in [6.45, 7) is 0.618. The second-order valence-electron chi connectivity index (χ2n) is 7.85. The predicted molar refractivity (Wildman–Crippen MR) is 129 cm³/mol. The molecule has 4 aromatic rings. The van der Waals surface area contributed by atoms with E-state index in [0.29, 0.717) is 36.8 Å². The van der Waals surface area contributed by atoms with Crippen LogP contribution in [0.25, 0.3) is 11.2 Å². The van der Waals surface area contributed by atoms with Crippen molar-refractivity contribution in [2.75, 3.05) is 5.32 Å². The van der Waals surface area contributed by atoms with E-state index in [1.165, 1.54) is 23.9 Å². The van der Waals surface area contributed by atoms with Gasteiger partial charge in [0.1, 0.15) is 11.5 Å². The maximum atomic E-state index is 12.9. The van der Waals surface area contributed by atoms with Crippen molar-refractivity contribution in [1.29, 1.82) is 0 Å². The first-order valence-electron chi connectivity index (χ1n) is 10.9. The highest BCUT2D eigenvalue weighted by molar-refractivity contribution is 5.85. The Morgan fingerprint density at radius 3 is 2.71 bits per heavy atom. The van der Waals surface area contributed by atoms with E-state index in [9.17, 15) is 19.5 Å². The monoisotopic (exact) mass is 479 g/mol. The largest absolute Gasteiger partial charge is 0.507 e. The van der Waals surface area contributed by atoms with E-state index in [2.05, 4.69) is 20.8 Å². The molecule has 12 nitrogen and oxygen atoms in total. The van der Waals surface area contributed by atoms with E-state index in [1.807, 2.05) is 0 Å². The number of aryl methyl sites for hydroxylation is 2. The number of imidazole rings is 1. The number of para-hydroxylation sites is 1. The average molecular weight is 479 g/mol. The van der Waals surface area contributed by atoms with Crippen molar-refractivity contribution in [2.24, 2.45) is 19.2 Å². The minimum atomic E-state index is -0.480. The lowest BCUT2D eigenvalue weighted by Crippen LogP contribution is -2.37. The molecule has 0 aliphatic heterocycles. The number of hydrogen-bond acceptors (Lipinski definition) is 8. The van der Waals surface area contributed by atoms with Gasteiger partial charge in [0.2, 0.25) is 11.9 Å². The smallest absolute Gasteiger partial charge is 0.332 e. The van der Waals surface area contributed by atoms with Gasteiger partial charge in [0.15, 0.2) is 11.2 Å². The zero-order chi connectivity index (χ0) is 24.9. The van der Waals surface area contributed by atoms with Crippen LogP contribution < -0.4 is 22.0 Å². The molecule has 1 amide bonds. The first kappa shape index (κ1) is 23.5. The van der Waals surface area contributed by atoms with Crippen LogP contribution in [0.5, 0.6) is 5.75 Å². The van der Waals surface area contributed by atoms with E-state index in [-0.39, 0.29) is 29.2 Å². The second kappa shape index (κ2) is 10.1. The van der Waals surface area contributed by atoms with Crippen LogP contribution >= 0.6 is 0 Å². The maximum absolute atomic E-state index is 12.9. The molecule has 3 N–H and O–H groups in total. The third-order valence-corrected chi connectivity index (χ3v) is 5.46. The van der Waals surface area contributed by atoms with Gasteiger partial charge in [-0.05, 0) is 30.7 Å². The molecule has 0 fully saturated rings. The highest BCUT2D eigenvalue weighted by Crippen LogP contribution is 2.18. The van der Waals surface area contributed by atoms with Crippen LogP contribution in [-0.2, 0) is 32.0 Å². The molecule has 1 aromatic carbocycles. The van der Waals surface area contributed by atoms with Crippen molar-refractivity contribution in [1.82, 2.24) is 24.1 Å². The number of rotatable bonds is 9. The summed E-state index contributed by atoms with van der Waals surface area (Å²) in [5.41, 5.74) is 2.46.